The van der Waals surface area contributed by atoms with Crippen molar-refractivity contribution >= 4 is 21.8 Å². The van der Waals surface area contributed by atoms with Gasteiger partial charge in [0.15, 0.2) is 0 Å². The van der Waals surface area contributed by atoms with E-state index in [0.29, 0.717) is 12.4 Å². The number of hydrogen-bond acceptors (Lipinski definition) is 6. The van der Waals surface area contributed by atoms with Crippen LogP contribution in [-0.4, -0.2) is 58.0 Å². The number of nitrogens with zero attached hydrogens (tertiary/aromatic N) is 3. The molecule has 0 aliphatic rings. The van der Waals surface area contributed by atoms with Crippen molar-refractivity contribution in [1.82, 2.24) is 9.29 Å². The van der Waals surface area contributed by atoms with Gasteiger partial charge in [-0.05, 0) is 18.6 Å². The molecule has 8 heteroatoms. The topological polar surface area (TPSA) is 79.8 Å². The Balaban J connectivity index is 3.00. The van der Waals surface area contributed by atoms with Gasteiger partial charge in [-0.15, -0.1) is 0 Å². The van der Waals surface area contributed by atoms with Crippen molar-refractivity contribution in [3.8, 4) is 0 Å². The molecule has 1 heterocycles. The summed E-state index contributed by atoms with van der Waals surface area (Å²) < 4.78 is 29.7. The van der Waals surface area contributed by atoms with E-state index in [1.165, 1.54) is 33.5 Å². The van der Waals surface area contributed by atoms with E-state index in [9.17, 15) is 13.2 Å². The molecule has 0 N–H and O–H groups in total. The number of rotatable bonds is 7. The Labute approximate surface area is 125 Å². The molecule has 1 aromatic rings. The van der Waals surface area contributed by atoms with Crippen molar-refractivity contribution < 1.29 is 17.9 Å². The van der Waals surface area contributed by atoms with Crippen LogP contribution in [0.25, 0.3) is 0 Å². The first-order valence-electron chi connectivity index (χ1n) is 6.53. The highest BCUT2D eigenvalue weighted by Crippen LogP contribution is 2.17. The molecule has 21 heavy (non-hydrogen) atoms. The van der Waals surface area contributed by atoms with Crippen LogP contribution in [0.4, 0.5) is 5.82 Å². The van der Waals surface area contributed by atoms with E-state index < -0.39 is 10.0 Å². The highest BCUT2D eigenvalue weighted by Gasteiger charge is 2.19. The number of esters is 1. The Kier molecular flexibility index (Phi) is 6.10. The number of carbonyl (C=O) groups is 1. The SMILES string of the molecule is CCCN(CC(=O)OC)c1ccc(S(=O)(=O)N(C)C)cn1. The summed E-state index contributed by atoms with van der Waals surface area (Å²) in [5, 5.41) is 0. The summed E-state index contributed by atoms with van der Waals surface area (Å²) in [6.07, 6.45) is 2.13. The number of hydrogen-bond donors (Lipinski definition) is 0. The molecule has 0 amide bonds. The van der Waals surface area contributed by atoms with Crippen LogP contribution >= 0.6 is 0 Å². The van der Waals surface area contributed by atoms with Crippen LogP contribution in [0.15, 0.2) is 23.2 Å². The summed E-state index contributed by atoms with van der Waals surface area (Å²) in [5.74, 6) is 0.176. The van der Waals surface area contributed by atoms with Crippen molar-refractivity contribution in [1.29, 1.82) is 0 Å². The van der Waals surface area contributed by atoms with Crippen molar-refractivity contribution in [3.05, 3.63) is 18.3 Å². The molecule has 0 aliphatic carbocycles. The maximum absolute atomic E-state index is 12.0. The van der Waals surface area contributed by atoms with Gasteiger partial charge in [-0.1, -0.05) is 6.92 Å². The van der Waals surface area contributed by atoms with Crippen LogP contribution in [0.1, 0.15) is 13.3 Å². The van der Waals surface area contributed by atoms with Crippen LogP contribution in [0.3, 0.4) is 0 Å². The van der Waals surface area contributed by atoms with E-state index >= 15 is 0 Å². The predicted molar refractivity (Wildman–Crippen MR) is 79.6 cm³/mol. The second-order valence-electron chi connectivity index (χ2n) is 4.64. The molecule has 1 rings (SSSR count). The Morgan fingerprint density at radius 3 is 2.43 bits per heavy atom. The minimum absolute atomic E-state index is 0.0805. The third-order valence-corrected chi connectivity index (χ3v) is 4.66. The number of carbonyl (C=O) groups excluding carboxylic acids is 1. The van der Waals surface area contributed by atoms with Crippen molar-refractivity contribution in [2.45, 2.75) is 18.2 Å². The maximum Gasteiger partial charge on any atom is 0.325 e. The molecule has 0 unspecified atom stereocenters. The van der Waals surface area contributed by atoms with E-state index in [1.807, 2.05) is 6.92 Å². The lowest BCUT2D eigenvalue weighted by molar-refractivity contribution is -0.138. The fraction of sp³-hybridized carbons (Fsp3) is 0.538. The second kappa shape index (κ2) is 7.37. The Bertz CT molecular complexity index is 570. The molecule has 0 saturated carbocycles. The largest absolute Gasteiger partial charge is 0.468 e. The molecular weight excluding hydrogens is 294 g/mol. The van der Waals surface area contributed by atoms with Gasteiger partial charge < -0.3 is 9.64 Å². The van der Waals surface area contributed by atoms with Crippen molar-refractivity contribution in [2.75, 3.05) is 39.2 Å². The number of anilines is 1. The third-order valence-electron chi connectivity index (χ3n) is 2.86. The lowest BCUT2D eigenvalue weighted by Crippen LogP contribution is -2.32. The van der Waals surface area contributed by atoms with Gasteiger partial charge in [0.05, 0.1) is 7.11 Å². The minimum atomic E-state index is -3.50. The molecule has 0 aromatic carbocycles. The lowest BCUT2D eigenvalue weighted by atomic mass is 10.3. The summed E-state index contributed by atoms with van der Waals surface area (Å²) in [5.41, 5.74) is 0. The lowest BCUT2D eigenvalue weighted by Gasteiger charge is -2.22. The van der Waals surface area contributed by atoms with E-state index in [-0.39, 0.29) is 17.4 Å². The van der Waals surface area contributed by atoms with Gasteiger partial charge in [0.2, 0.25) is 10.0 Å². The van der Waals surface area contributed by atoms with E-state index in [1.54, 1.807) is 11.0 Å². The van der Waals surface area contributed by atoms with Crippen molar-refractivity contribution in [2.24, 2.45) is 0 Å². The Morgan fingerprint density at radius 2 is 2.00 bits per heavy atom. The van der Waals surface area contributed by atoms with Crippen LogP contribution in [0.5, 0.6) is 0 Å². The first kappa shape index (κ1) is 17.4. The summed E-state index contributed by atoms with van der Waals surface area (Å²) in [6, 6.07) is 3.08. The first-order chi connectivity index (χ1) is 9.82. The van der Waals surface area contributed by atoms with E-state index in [2.05, 4.69) is 9.72 Å². The van der Waals surface area contributed by atoms with Gasteiger partial charge in [-0.25, -0.2) is 17.7 Å². The van der Waals surface area contributed by atoms with Crippen molar-refractivity contribution in [3.63, 3.8) is 0 Å². The molecular formula is C13H21N3O4S. The first-order valence-corrected chi connectivity index (χ1v) is 7.97. The van der Waals surface area contributed by atoms with Gasteiger partial charge in [0, 0.05) is 26.8 Å². The smallest absolute Gasteiger partial charge is 0.325 e. The summed E-state index contributed by atoms with van der Waals surface area (Å²) in [6.45, 7) is 2.69. The zero-order chi connectivity index (χ0) is 16.0. The minimum Gasteiger partial charge on any atom is -0.468 e. The molecule has 0 radical (unpaired) electrons. The van der Waals surface area contributed by atoms with Crippen LogP contribution < -0.4 is 4.90 Å². The van der Waals surface area contributed by atoms with Gasteiger partial charge in [0.25, 0.3) is 0 Å². The molecule has 0 atom stereocenters. The maximum atomic E-state index is 12.0. The molecule has 118 valence electrons. The molecule has 0 fully saturated rings. The molecule has 0 aliphatic heterocycles. The van der Waals surface area contributed by atoms with Gasteiger partial charge in [0.1, 0.15) is 17.3 Å². The Morgan fingerprint density at radius 1 is 1.33 bits per heavy atom. The third kappa shape index (κ3) is 4.40. The number of pyridine rings is 1. The number of aromatic nitrogens is 1. The highest BCUT2D eigenvalue weighted by molar-refractivity contribution is 7.89. The molecule has 0 saturated heterocycles. The van der Waals surface area contributed by atoms with Gasteiger partial charge in [-0.3, -0.25) is 4.79 Å². The van der Waals surface area contributed by atoms with Crippen LogP contribution in [0.2, 0.25) is 0 Å². The standard InChI is InChI=1S/C13H21N3O4S/c1-5-8-16(10-13(17)20-4)12-7-6-11(9-14-12)21(18,19)15(2)3/h6-7,9H,5,8,10H2,1-4H3. The zero-order valence-electron chi connectivity index (χ0n) is 12.7. The second-order valence-corrected chi connectivity index (χ2v) is 6.79. The average Bonchev–Trinajstić information content (AvgIpc) is 2.46. The van der Waals surface area contributed by atoms with Crippen LogP contribution in [0, 0.1) is 0 Å². The molecule has 1 aromatic heterocycles. The van der Waals surface area contributed by atoms with Gasteiger partial charge in [-0.2, -0.15) is 0 Å². The monoisotopic (exact) mass is 315 g/mol. The fourth-order valence-corrected chi connectivity index (χ4v) is 2.54. The average molecular weight is 315 g/mol. The summed E-state index contributed by atoms with van der Waals surface area (Å²) in [4.78, 5) is 17.4. The molecule has 0 bridgehead atoms. The normalized spacial score (nSPS) is 11.5. The van der Waals surface area contributed by atoms with E-state index in [4.69, 9.17) is 0 Å². The predicted octanol–water partition coefficient (Wildman–Crippen LogP) is 0.721. The van der Waals surface area contributed by atoms with Crippen LogP contribution in [-0.2, 0) is 19.6 Å². The Hall–Kier alpha value is -1.67. The molecule has 7 nitrogen and oxygen atoms in total. The number of methoxy groups -OCH3 is 1. The number of ether oxygens (including phenoxy) is 1. The fourth-order valence-electron chi connectivity index (χ4n) is 1.69. The quantitative estimate of drug-likeness (QED) is 0.690. The van der Waals surface area contributed by atoms with Gasteiger partial charge >= 0.3 is 5.97 Å². The zero-order valence-corrected chi connectivity index (χ0v) is 13.6. The summed E-state index contributed by atoms with van der Waals surface area (Å²) in [7, 11) is 0.752. The molecule has 0 spiro atoms. The highest BCUT2D eigenvalue weighted by atomic mass is 32.2. The number of sulfonamides is 1. The summed E-state index contributed by atoms with van der Waals surface area (Å²) >= 11 is 0. The van der Waals surface area contributed by atoms with E-state index in [0.717, 1.165) is 10.7 Å².